The van der Waals surface area contributed by atoms with E-state index >= 15 is 0 Å². The summed E-state index contributed by atoms with van der Waals surface area (Å²) in [5.74, 6) is 2.91. The van der Waals surface area contributed by atoms with Crippen LogP contribution in [0.3, 0.4) is 0 Å². The number of hydrogen-bond donors (Lipinski definition) is 1. The van der Waals surface area contributed by atoms with E-state index in [0.29, 0.717) is 0 Å². The van der Waals surface area contributed by atoms with Crippen molar-refractivity contribution >= 4 is 0 Å². The van der Waals surface area contributed by atoms with E-state index in [9.17, 15) is 0 Å². The molecule has 0 spiro atoms. The predicted molar refractivity (Wildman–Crippen MR) is 69.6 cm³/mol. The van der Waals surface area contributed by atoms with Crippen LogP contribution >= 0.6 is 0 Å². The minimum Gasteiger partial charge on any atom is -0.317 e. The predicted octanol–water partition coefficient (Wildman–Crippen LogP) is 2.35. The topological polar surface area (TPSA) is 15.3 Å². The first kappa shape index (κ1) is 12.4. The highest BCUT2D eigenvalue weighted by Gasteiger charge is 2.27. The zero-order chi connectivity index (χ0) is 11.4. The van der Waals surface area contributed by atoms with E-state index in [4.69, 9.17) is 0 Å². The van der Waals surface area contributed by atoms with Gasteiger partial charge in [0.15, 0.2) is 0 Å². The summed E-state index contributed by atoms with van der Waals surface area (Å²) >= 11 is 0. The second-order valence-corrected chi connectivity index (χ2v) is 6.01. The average molecular weight is 224 g/mol. The third-order valence-corrected chi connectivity index (χ3v) is 4.37. The second-order valence-electron chi connectivity index (χ2n) is 6.01. The molecule has 0 aromatic rings. The number of hydrogen-bond acceptors (Lipinski definition) is 2. The molecule has 1 saturated carbocycles. The molecule has 0 bridgehead atoms. The van der Waals surface area contributed by atoms with E-state index in [1.807, 2.05) is 0 Å². The Balaban J connectivity index is 1.64. The van der Waals surface area contributed by atoms with Gasteiger partial charge in [-0.3, -0.25) is 0 Å². The molecule has 2 nitrogen and oxygen atoms in total. The minimum atomic E-state index is 0.916. The van der Waals surface area contributed by atoms with E-state index in [1.165, 1.54) is 51.9 Å². The molecule has 2 fully saturated rings. The van der Waals surface area contributed by atoms with Gasteiger partial charge in [-0.05, 0) is 56.7 Å². The molecule has 0 amide bonds. The quantitative estimate of drug-likeness (QED) is 0.771. The molecular formula is C14H28N2. The summed E-state index contributed by atoms with van der Waals surface area (Å²) in [6.45, 7) is 11.0. The number of likely N-dealkylation sites (tertiary alicyclic amines) is 1. The zero-order valence-corrected chi connectivity index (χ0v) is 11.0. The lowest BCUT2D eigenvalue weighted by molar-refractivity contribution is 0.266. The van der Waals surface area contributed by atoms with Gasteiger partial charge < -0.3 is 10.2 Å². The standard InChI is InChI=1S/C14H28N2/c1-3-15-9-14-6-7-16(11-14)10-13-5-4-12(2)8-13/h12-15H,3-11H2,1-2H3. The van der Waals surface area contributed by atoms with Crippen LogP contribution in [0.25, 0.3) is 0 Å². The maximum atomic E-state index is 3.48. The molecule has 2 rings (SSSR count). The Labute approximate surface area is 101 Å². The Kier molecular flexibility index (Phi) is 4.66. The summed E-state index contributed by atoms with van der Waals surface area (Å²) in [6, 6.07) is 0. The normalized spacial score (nSPS) is 36.0. The summed E-state index contributed by atoms with van der Waals surface area (Å²) in [7, 11) is 0. The molecule has 1 saturated heterocycles. The van der Waals surface area contributed by atoms with E-state index in [2.05, 4.69) is 24.1 Å². The third-order valence-electron chi connectivity index (χ3n) is 4.37. The minimum absolute atomic E-state index is 0.916. The maximum absolute atomic E-state index is 3.48. The summed E-state index contributed by atoms with van der Waals surface area (Å²) in [6.07, 6.45) is 5.85. The summed E-state index contributed by atoms with van der Waals surface area (Å²) in [4.78, 5) is 2.71. The average Bonchev–Trinajstić information content (AvgIpc) is 2.86. The highest BCUT2D eigenvalue weighted by Crippen LogP contribution is 2.31. The molecule has 94 valence electrons. The van der Waals surface area contributed by atoms with Crippen molar-refractivity contribution in [3.05, 3.63) is 0 Å². The van der Waals surface area contributed by atoms with E-state index < -0.39 is 0 Å². The van der Waals surface area contributed by atoms with Gasteiger partial charge in [0.2, 0.25) is 0 Å². The summed E-state index contributed by atoms with van der Waals surface area (Å²) in [5.41, 5.74) is 0. The fraction of sp³-hybridized carbons (Fsp3) is 1.00. The molecular weight excluding hydrogens is 196 g/mol. The van der Waals surface area contributed by atoms with Gasteiger partial charge in [0.05, 0.1) is 0 Å². The second kappa shape index (κ2) is 6.02. The van der Waals surface area contributed by atoms with Crippen molar-refractivity contribution in [2.75, 3.05) is 32.7 Å². The van der Waals surface area contributed by atoms with Gasteiger partial charge in [-0.25, -0.2) is 0 Å². The summed E-state index contributed by atoms with van der Waals surface area (Å²) < 4.78 is 0. The fourth-order valence-electron chi connectivity index (χ4n) is 3.45. The Hall–Kier alpha value is -0.0800. The van der Waals surface area contributed by atoms with Crippen molar-refractivity contribution in [3.8, 4) is 0 Å². The Morgan fingerprint density at radius 3 is 2.75 bits per heavy atom. The van der Waals surface area contributed by atoms with Crippen LogP contribution in [-0.4, -0.2) is 37.6 Å². The van der Waals surface area contributed by atoms with Gasteiger partial charge in [-0.15, -0.1) is 0 Å². The first-order valence-electron chi connectivity index (χ1n) is 7.21. The molecule has 1 N–H and O–H groups in total. The van der Waals surface area contributed by atoms with Crippen LogP contribution in [0.15, 0.2) is 0 Å². The van der Waals surface area contributed by atoms with Gasteiger partial charge in [0.1, 0.15) is 0 Å². The molecule has 0 aromatic carbocycles. The molecule has 2 aliphatic rings. The Bertz CT molecular complexity index is 205. The smallest absolute Gasteiger partial charge is 0.00224 e. The van der Waals surface area contributed by atoms with Gasteiger partial charge in [-0.2, -0.15) is 0 Å². The van der Waals surface area contributed by atoms with Gasteiger partial charge in [0, 0.05) is 13.1 Å². The molecule has 0 aromatic heterocycles. The van der Waals surface area contributed by atoms with Crippen molar-refractivity contribution < 1.29 is 0 Å². The SMILES string of the molecule is CCNCC1CCN(CC2CCC(C)C2)C1. The lowest BCUT2D eigenvalue weighted by Gasteiger charge is -2.20. The first-order chi connectivity index (χ1) is 7.78. The molecule has 2 heteroatoms. The van der Waals surface area contributed by atoms with Crippen LogP contribution in [-0.2, 0) is 0 Å². The Morgan fingerprint density at radius 1 is 1.19 bits per heavy atom. The van der Waals surface area contributed by atoms with Crippen molar-refractivity contribution in [3.63, 3.8) is 0 Å². The van der Waals surface area contributed by atoms with Crippen molar-refractivity contribution in [1.29, 1.82) is 0 Å². The number of nitrogens with zero attached hydrogens (tertiary/aromatic N) is 1. The highest BCUT2D eigenvalue weighted by molar-refractivity contribution is 4.81. The lowest BCUT2D eigenvalue weighted by atomic mass is 10.1. The van der Waals surface area contributed by atoms with Crippen molar-refractivity contribution in [2.45, 2.75) is 39.5 Å². The van der Waals surface area contributed by atoms with Gasteiger partial charge in [0.25, 0.3) is 0 Å². The van der Waals surface area contributed by atoms with Gasteiger partial charge >= 0.3 is 0 Å². The van der Waals surface area contributed by atoms with Crippen LogP contribution in [0.4, 0.5) is 0 Å². The molecule has 1 aliphatic heterocycles. The molecule has 1 aliphatic carbocycles. The van der Waals surface area contributed by atoms with Crippen LogP contribution in [0.1, 0.15) is 39.5 Å². The molecule has 16 heavy (non-hydrogen) atoms. The summed E-state index contributed by atoms with van der Waals surface area (Å²) in [5, 5.41) is 3.48. The molecule has 3 unspecified atom stereocenters. The monoisotopic (exact) mass is 224 g/mol. The van der Waals surface area contributed by atoms with Crippen LogP contribution in [0.5, 0.6) is 0 Å². The van der Waals surface area contributed by atoms with Gasteiger partial charge in [-0.1, -0.05) is 20.3 Å². The zero-order valence-electron chi connectivity index (χ0n) is 11.0. The number of rotatable bonds is 5. The largest absolute Gasteiger partial charge is 0.317 e. The maximum Gasteiger partial charge on any atom is 0.00224 e. The molecule has 1 heterocycles. The first-order valence-corrected chi connectivity index (χ1v) is 7.21. The lowest BCUT2D eigenvalue weighted by Crippen LogP contribution is -2.29. The third kappa shape index (κ3) is 3.46. The van der Waals surface area contributed by atoms with E-state index in [1.54, 1.807) is 0 Å². The Morgan fingerprint density at radius 2 is 2.06 bits per heavy atom. The van der Waals surface area contributed by atoms with Crippen molar-refractivity contribution in [1.82, 2.24) is 10.2 Å². The highest BCUT2D eigenvalue weighted by atomic mass is 15.2. The van der Waals surface area contributed by atoms with Crippen LogP contribution < -0.4 is 5.32 Å². The van der Waals surface area contributed by atoms with Crippen LogP contribution in [0, 0.1) is 17.8 Å². The fourth-order valence-corrected chi connectivity index (χ4v) is 3.45. The van der Waals surface area contributed by atoms with E-state index in [0.717, 1.165) is 24.3 Å². The molecule has 3 atom stereocenters. The van der Waals surface area contributed by atoms with Crippen LogP contribution in [0.2, 0.25) is 0 Å². The number of nitrogens with one attached hydrogen (secondary N) is 1. The van der Waals surface area contributed by atoms with E-state index in [-0.39, 0.29) is 0 Å². The molecule has 0 radical (unpaired) electrons. The van der Waals surface area contributed by atoms with Crippen molar-refractivity contribution in [2.24, 2.45) is 17.8 Å².